The van der Waals surface area contributed by atoms with Gasteiger partial charge in [0, 0.05) is 32.9 Å². The molecule has 0 saturated heterocycles. The number of nitro benzene ring substituents is 1. The van der Waals surface area contributed by atoms with Gasteiger partial charge in [-0.3, -0.25) is 14.9 Å². The molecule has 6 nitrogen and oxygen atoms in total. The fourth-order valence-electron chi connectivity index (χ4n) is 1.26. The number of anilines is 1. The van der Waals surface area contributed by atoms with E-state index in [1.807, 2.05) is 0 Å². The molecular formula is C10H13N3O3. The fraction of sp³-hybridized carbons (Fsp3) is 0.300. The van der Waals surface area contributed by atoms with E-state index in [-0.39, 0.29) is 17.2 Å². The van der Waals surface area contributed by atoms with E-state index >= 15 is 0 Å². The summed E-state index contributed by atoms with van der Waals surface area (Å²) >= 11 is 0. The Kier molecular flexibility index (Phi) is 3.44. The van der Waals surface area contributed by atoms with E-state index in [9.17, 15) is 14.9 Å². The van der Waals surface area contributed by atoms with Crippen LogP contribution in [0.2, 0.25) is 0 Å². The largest absolute Gasteiger partial charge is 0.388 e. The van der Waals surface area contributed by atoms with Crippen LogP contribution < -0.4 is 5.32 Å². The van der Waals surface area contributed by atoms with Gasteiger partial charge in [-0.15, -0.1) is 0 Å². The average molecular weight is 223 g/mol. The van der Waals surface area contributed by atoms with Gasteiger partial charge >= 0.3 is 0 Å². The van der Waals surface area contributed by atoms with Gasteiger partial charge in [-0.05, 0) is 12.1 Å². The first-order chi connectivity index (χ1) is 7.47. The summed E-state index contributed by atoms with van der Waals surface area (Å²) in [4.78, 5) is 23.2. The minimum atomic E-state index is -0.559. The Morgan fingerprint density at radius 3 is 2.50 bits per heavy atom. The van der Waals surface area contributed by atoms with Gasteiger partial charge in [-0.25, -0.2) is 0 Å². The average Bonchev–Trinajstić information content (AvgIpc) is 2.26. The molecule has 0 bridgehead atoms. The normalized spacial score (nSPS) is 9.69. The molecule has 1 N–H and O–H groups in total. The number of carbonyl (C=O) groups excluding carboxylic acids is 1. The number of hydrogen-bond acceptors (Lipinski definition) is 4. The van der Waals surface area contributed by atoms with Crippen LogP contribution in [0.15, 0.2) is 18.2 Å². The molecule has 0 heterocycles. The van der Waals surface area contributed by atoms with Crippen molar-refractivity contribution in [1.29, 1.82) is 0 Å². The summed E-state index contributed by atoms with van der Waals surface area (Å²) in [6.45, 7) is 0. The second kappa shape index (κ2) is 4.61. The third kappa shape index (κ3) is 2.28. The van der Waals surface area contributed by atoms with E-state index in [0.29, 0.717) is 5.69 Å². The van der Waals surface area contributed by atoms with Crippen LogP contribution in [0.1, 0.15) is 10.4 Å². The Hall–Kier alpha value is -2.11. The van der Waals surface area contributed by atoms with E-state index < -0.39 is 4.92 Å². The molecule has 0 fully saturated rings. The van der Waals surface area contributed by atoms with Gasteiger partial charge in [-0.2, -0.15) is 0 Å². The molecular weight excluding hydrogens is 210 g/mol. The van der Waals surface area contributed by atoms with Crippen molar-refractivity contribution in [3.63, 3.8) is 0 Å². The minimum Gasteiger partial charge on any atom is -0.388 e. The maximum Gasteiger partial charge on any atom is 0.282 e. The Morgan fingerprint density at radius 2 is 2.06 bits per heavy atom. The molecule has 6 heteroatoms. The van der Waals surface area contributed by atoms with Crippen LogP contribution in [0.5, 0.6) is 0 Å². The molecule has 1 aromatic carbocycles. The summed E-state index contributed by atoms with van der Waals surface area (Å²) < 4.78 is 0. The highest BCUT2D eigenvalue weighted by molar-refractivity contribution is 5.98. The first-order valence-electron chi connectivity index (χ1n) is 4.65. The standard InChI is InChI=1S/C10H13N3O3/c1-11-7-4-5-9(13(15)16)8(6-7)10(14)12(2)3/h4-6,11H,1-3H3. The minimum absolute atomic E-state index is 0.0850. The second-order valence-electron chi connectivity index (χ2n) is 3.44. The highest BCUT2D eigenvalue weighted by Crippen LogP contribution is 2.23. The molecule has 0 spiro atoms. The van der Waals surface area contributed by atoms with Crippen LogP contribution in [0.4, 0.5) is 11.4 Å². The number of hydrogen-bond donors (Lipinski definition) is 1. The van der Waals surface area contributed by atoms with E-state index in [0.717, 1.165) is 0 Å². The van der Waals surface area contributed by atoms with E-state index in [1.165, 1.54) is 17.0 Å². The predicted octanol–water partition coefficient (Wildman–Crippen LogP) is 1.34. The van der Waals surface area contributed by atoms with Crippen molar-refractivity contribution >= 4 is 17.3 Å². The van der Waals surface area contributed by atoms with Gasteiger partial charge in [0.2, 0.25) is 0 Å². The molecule has 0 unspecified atom stereocenters. The topological polar surface area (TPSA) is 75.5 Å². The molecule has 16 heavy (non-hydrogen) atoms. The van der Waals surface area contributed by atoms with Crippen LogP contribution >= 0.6 is 0 Å². The zero-order chi connectivity index (χ0) is 12.3. The smallest absolute Gasteiger partial charge is 0.282 e. The molecule has 0 aliphatic heterocycles. The quantitative estimate of drug-likeness (QED) is 0.619. The number of nitro groups is 1. The molecule has 1 amide bonds. The zero-order valence-electron chi connectivity index (χ0n) is 9.35. The molecule has 0 radical (unpaired) electrons. The van der Waals surface area contributed by atoms with Gasteiger partial charge < -0.3 is 10.2 Å². The molecule has 0 aromatic heterocycles. The summed E-state index contributed by atoms with van der Waals surface area (Å²) in [5.41, 5.74) is 0.565. The van der Waals surface area contributed by atoms with Crippen molar-refractivity contribution in [2.45, 2.75) is 0 Å². The lowest BCUT2D eigenvalue weighted by atomic mass is 10.1. The molecule has 1 rings (SSSR count). The van der Waals surface area contributed by atoms with E-state index in [2.05, 4.69) is 5.32 Å². The predicted molar refractivity (Wildman–Crippen MR) is 60.7 cm³/mol. The molecule has 86 valence electrons. The molecule has 0 aliphatic rings. The zero-order valence-corrected chi connectivity index (χ0v) is 9.35. The first-order valence-corrected chi connectivity index (χ1v) is 4.65. The molecule has 0 atom stereocenters. The van der Waals surface area contributed by atoms with Crippen LogP contribution in [-0.2, 0) is 0 Å². The maximum atomic E-state index is 11.7. The Bertz CT molecular complexity index is 429. The SMILES string of the molecule is CNc1ccc([N+](=O)[O-])c(C(=O)N(C)C)c1. The summed E-state index contributed by atoms with van der Waals surface area (Å²) in [6, 6.07) is 4.35. The number of amides is 1. The van der Waals surface area contributed by atoms with E-state index in [1.54, 1.807) is 27.2 Å². The molecule has 1 aromatic rings. The van der Waals surface area contributed by atoms with Crippen LogP contribution in [0, 0.1) is 10.1 Å². The lowest BCUT2D eigenvalue weighted by Crippen LogP contribution is -2.22. The van der Waals surface area contributed by atoms with Crippen LogP contribution in [-0.4, -0.2) is 36.9 Å². The van der Waals surface area contributed by atoms with Crippen molar-refractivity contribution in [3.05, 3.63) is 33.9 Å². The fourth-order valence-corrected chi connectivity index (χ4v) is 1.26. The van der Waals surface area contributed by atoms with Crippen molar-refractivity contribution in [3.8, 4) is 0 Å². The third-order valence-corrected chi connectivity index (χ3v) is 2.12. The number of carbonyl (C=O) groups is 1. The number of benzene rings is 1. The van der Waals surface area contributed by atoms with Gasteiger partial charge in [0.25, 0.3) is 11.6 Å². The van der Waals surface area contributed by atoms with E-state index in [4.69, 9.17) is 0 Å². The summed E-state index contributed by atoms with van der Waals surface area (Å²) in [5.74, 6) is -0.385. The highest BCUT2D eigenvalue weighted by atomic mass is 16.6. The first kappa shape index (κ1) is 12.0. The van der Waals surface area contributed by atoms with Crippen molar-refractivity contribution in [2.24, 2.45) is 0 Å². The molecule has 0 saturated carbocycles. The lowest BCUT2D eigenvalue weighted by molar-refractivity contribution is -0.385. The maximum absolute atomic E-state index is 11.7. The summed E-state index contributed by atoms with van der Waals surface area (Å²) in [5, 5.41) is 13.6. The highest BCUT2D eigenvalue weighted by Gasteiger charge is 2.21. The lowest BCUT2D eigenvalue weighted by Gasteiger charge is -2.11. The van der Waals surface area contributed by atoms with Crippen molar-refractivity contribution in [2.75, 3.05) is 26.5 Å². The van der Waals surface area contributed by atoms with Gasteiger partial charge in [0.1, 0.15) is 5.56 Å². The summed E-state index contributed by atoms with van der Waals surface area (Å²) in [6.07, 6.45) is 0. The number of rotatable bonds is 3. The Balaban J connectivity index is 3.31. The van der Waals surface area contributed by atoms with Gasteiger partial charge in [0.05, 0.1) is 4.92 Å². The Labute approximate surface area is 93.0 Å². The van der Waals surface area contributed by atoms with Gasteiger partial charge in [-0.1, -0.05) is 0 Å². The summed E-state index contributed by atoms with van der Waals surface area (Å²) in [7, 11) is 4.79. The molecule has 0 aliphatic carbocycles. The number of nitrogens with one attached hydrogen (secondary N) is 1. The van der Waals surface area contributed by atoms with Crippen molar-refractivity contribution < 1.29 is 9.72 Å². The Morgan fingerprint density at radius 1 is 1.44 bits per heavy atom. The monoisotopic (exact) mass is 223 g/mol. The van der Waals surface area contributed by atoms with Crippen LogP contribution in [0.25, 0.3) is 0 Å². The second-order valence-corrected chi connectivity index (χ2v) is 3.44. The third-order valence-electron chi connectivity index (χ3n) is 2.12. The van der Waals surface area contributed by atoms with Gasteiger partial charge in [0.15, 0.2) is 0 Å². The number of nitrogens with zero attached hydrogens (tertiary/aromatic N) is 2. The van der Waals surface area contributed by atoms with Crippen molar-refractivity contribution in [1.82, 2.24) is 4.90 Å². The van der Waals surface area contributed by atoms with Crippen LogP contribution in [0.3, 0.4) is 0 Å².